The van der Waals surface area contributed by atoms with Crippen molar-refractivity contribution in [2.75, 3.05) is 25.1 Å². The molecular formula is C21H26N2O2. The Morgan fingerprint density at radius 3 is 2.68 bits per heavy atom. The predicted octanol–water partition coefficient (Wildman–Crippen LogP) is 3.92. The Bertz CT molecular complexity index is 723. The third-order valence-electron chi connectivity index (χ3n) is 4.75. The first-order chi connectivity index (χ1) is 12.2. The minimum atomic E-state index is -0.0632. The largest absolute Gasteiger partial charge is 0.380 e. The van der Waals surface area contributed by atoms with Gasteiger partial charge in [0.1, 0.15) is 0 Å². The molecule has 1 amide bonds. The van der Waals surface area contributed by atoms with Gasteiger partial charge in [0.25, 0.3) is 5.91 Å². The molecule has 0 spiro atoms. The van der Waals surface area contributed by atoms with Gasteiger partial charge in [0.15, 0.2) is 0 Å². The fourth-order valence-electron chi connectivity index (χ4n) is 3.35. The van der Waals surface area contributed by atoms with Crippen LogP contribution in [0.25, 0.3) is 0 Å². The maximum atomic E-state index is 12.7. The Kier molecular flexibility index (Phi) is 5.71. The highest BCUT2D eigenvalue weighted by Gasteiger charge is 2.17. The maximum Gasteiger partial charge on any atom is 0.252 e. The van der Waals surface area contributed by atoms with Gasteiger partial charge < -0.3 is 15.0 Å². The lowest BCUT2D eigenvalue weighted by atomic mass is 10.0. The number of nitrogens with zero attached hydrogens (tertiary/aromatic N) is 1. The van der Waals surface area contributed by atoms with E-state index in [1.807, 2.05) is 31.2 Å². The molecule has 1 N–H and O–H groups in total. The molecule has 0 aromatic heterocycles. The summed E-state index contributed by atoms with van der Waals surface area (Å²) < 4.78 is 5.20. The lowest BCUT2D eigenvalue weighted by Crippen LogP contribution is -2.28. The van der Waals surface area contributed by atoms with Crippen molar-refractivity contribution in [3.63, 3.8) is 0 Å². The third kappa shape index (κ3) is 4.20. The summed E-state index contributed by atoms with van der Waals surface area (Å²) >= 11 is 0. The summed E-state index contributed by atoms with van der Waals surface area (Å²) in [6, 6.07) is 16.0. The minimum Gasteiger partial charge on any atom is -0.380 e. The normalized spacial score (nSPS) is 15.2. The van der Waals surface area contributed by atoms with E-state index in [4.69, 9.17) is 4.74 Å². The quantitative estimate of drug-likeness (QED) is 0.868. The summed E-state index contributed by atoms with van der Waals surface area (Å²) in [7, 11) is 1.64. The number of methoxy groups -OCH3 is 1. The number of ether oxygens (including phenoxy) is 1. The van der Waals surface area contributed by atoms with Crippen LogP contribution < -0.4 is 10.2 Å². The summed E-state index contributed by atoms with van der Waals surface area (Å²) in [5.74, 6) is -0.0632. The SMILES string of the molecule is COCc1ccccc1C(=O)NC(C)c1cccc(N2CCCC2)c1. The van der Waals surface area contributed by atoms with Crippen LogP contribution in [0.1, 0.15) is 47.3 Å². The summed E-state index contributed by atoms with van der Waals surface area (Å²) in [5.41, 5.74) is 3.95. The highest BCUT2D eigenvalue weighted by molar-refractivity contribution is 5.95. The third-order valence-corrected chi connectivity index (χ3v) is 4.75. The highest BCUT2D eigenvalue weighted by Crippen LogP contribution is 2.24. The summed E-state index contributed by atoms with van der Waals surface area (Å²) in [4.78, 5) is 15.1. The van der Waals surface area contributed by atoms with Gasteiger partial charge in [-0.1, -0.05) is 30.3 Å². The predicted molar refractivity (Wildman–Crippen MR) is 101 cm³/mol. The van der Waals surface area contributed by atoms with E-state index in [2.05, 4.69) is 34.5 Å². The molecule has 1 saturated heterocycles. The molecule has 0 radical (unpaired) electrons. The first-order valence-electron chi connectivity index (χ1n) is 8.91. The minimum absolute atomic E-state index is 0.0503. The van der Waals surface area contributed by atoms with E-state index >= 15 is 0 Å². The van der Waals surface area contributed by atoms with E-state index in [9.17, 15) is 4.79 Å². The topological polar surface area (TPSA) is 41.6 Å². The van der Waals surface area contributed by atoms with E-state index in [0.29, 0.717) is 12.2 Å². The van der Waals surface area contributed by atoms with Crippen molar-refractivity contribution < 1.29 is 9.53 Å². The van der Waals surface area contributed by atoms with Crippen molar-refractivity contribution in [3.8, 4) is 0 Å². The van der Waals surface area contributed by atoms with E-state index in [1.54, 1.807) is 7.11 Å². The lowest BCUT2D eigenvalue weighted by molar-refractivity contribution is 0.0935. The van der Waals surface area contributed by atoms with E-state index in [-0.39, 0.29) is 11.9 Å². The highest BCUT2D eigenvalue weighted by atomic mass is 16.5. The molecule has 0 saturated carbocycles. The zero-order valence-electron chi connectivity index (χ0n) is 15.0. The Hall–Kier alpha value is -2.33. The Morgan fingerprint density at radius 1 is 1.16 bits per heavy atom. The Labute approximate surface area is 149 Å². The molecule has 25 heavy (non-hydrogen) atoms. The average Bonchev–Trinajstić information content (AvgIpc) is 3.17. The van der Waals surface area contributed by atoms with Crippen LogP contribution in [0.3, 0.4) is 0 Å². The number of carbonyl (C=O) groups excluding carboxylic acids is 1. The van der Waals surface area contributed by atoms with Gasteiger partial charge in [-0.2, -0.15) is 0 Å². The number of hydrogen-bond donors (Lipinski definition) is 1. The van der Waals surface area contributed by atoms with Crippen molar-refractivity contribution in [3.05, 3.63) is 65.2 Å². The van der Waals surface area contributed by atoms with Crippen LogP contribution in [0.5, 0.6) is 0 Å². The van der Waals surface area contributed by atoms with Crippen LogP contribution in [-0.2, 0) is 11.3 Å². The van der Waals surface area contributed by atoms with E-state index in [0.717, 1.165) is 24.2 Å². The number of rotatable bonds is 6. The molecule has 4 heteroatoms. The molecule has 0 aliphatic carbocycles. The van der Waals surface area contributed by atoms with Crippen molar-refractivity contribution in [2.45, 2.75) is 32.4 Å². The summed E-state index contributed by atoms with van der Waals surface area (Å²) in [5, 5.41) is 3.12. The van der Waals surface area contributed by atoms with Crippen molar-refractivity contribution in [1.29, 1.82) is 0 Å². The lowest BCUT2D eigenvalue weighted by Gasteiger charge is -2.21. The fourth-order valence-corrected chi connectivity index (χ4v) is 3.35. The molecule has 3 rings (SSSR count). The molecular weight excluding hydrogens is 312 g/mol. The fraction of sp³-hybridized carbons (Fsp3) is 0.381. The summed E-state index contributed by atoms with van der Waals surface area (Å²) in [6.45, 7) is 4.70. The molecule has 2 aromatic rings. The van der Waals surface area contributed by atoms with E-state index in [1.165, 1.54) is 18.5 Å². The van der Waals surface area contributed by atoms with Gasteiger partial charge in [0, 0.05) is 31.5 Å². The molecule has 2 aromatic carbocycles. The van der Waals surface area contributed by atoms with Gasteiger partial charge >= 0.3 is 0 Å². The van der Waals surface area contributed by atoms with E-state index < -0.39 is 0 Å². The number of carbonyl (C=O) groups is 1. The molecule has 1 aliphatic rings. The summed E-state index contributed by atoms with van der Waals surface area (Å²) in [6.07, 6.45) is 2.51. The van der Waals surface area contributed by atoms with Crippen LogP contribution in [0.2, 0.25) is 0 Å². The zero-order chi connectivity index (χ0) is 17.6. The monoisotopic (exact) mass is 338 g/mol. The first-order valence-corrected chi connectivity index (χ1v) is 8.91. The molecule has 1 fully saturated rings. The zero-order valence-corrected chi connectivity index (χ0v) is 15.0. The van der Waals surface area contributed by atoms with Gasteiger partial charge in [0.2, 0.25) is 0 Å². The molecule has 1 unspecified atom stereocenters. The van der Waals surface area contributed by atoms with Gasteiger partial charge in [-0.05, 0) is 49.1 Å². The second kappa shape index (κ2) is 8.17. The molecule has 0 bridgehead atoms. The van der Waals surface area contributed by atoms with Crippen LogP contribution in [0.4, 0.5) is 5.69 Å². The Morgan fingerprint density at radius 2 is 1.92 bits per heavy atom. The number of amides is 1. The number of hydrogen-bond acceptors (Lipinski definition) is 3. The smallest absolute Gasteiger partial charge is 0.252 e. The molecule has 1 aliphatic heterocycles. The van der Waals surface area contributed by atoms with Crippen molar-refractivity contribution in [2.24, 2.45) is 0 Å². The number of benzene rings is 2. The number of anilines is 1. The van der Waals surface area contributed by atoms with Gasteiger partial charge in [-0.15, -0.1) is 0 Å². The van der Waals surface area contributed by atoms with Crippen LogP contribution in [0, 0.1) is 0 Å². The standard InChI is InChI=1S/C21H26N2O2/c1-16(17-9-7-10-19(14-17)23-12-5-6-13-23)22-21(24)20-11-4-3-8-18(20)15-25-2/h3-4,7-11,14,16H,5-6,12-13,15H2,1-2H3,(H,22,24). The maximum absolute atomic E-state index is 12.7. The van der Waals surface area contributed by atoms with Gasteiger partial charge in [0.05, 0.1) is 12.6 Å². The average molecular weight is 338 g/mol. The van der Waals surface area contributed by atoms with Crippen LogP contribution in [-0.4, -0.2) is 26.1 Å². The van der Waals surface area contributed by atoms with Crippen LogP contribution in [0.15, 0.2) is 48.5 Å². The molecule has 132 valence electrons. The van der Waals surface area contributed by atoms with Crippen LogP contribution >= 0.6 is 0 Å². The van der Waals surface area contributed by atoms with Gasteiger partial charge in [-0.25, -0.2) is 0 Å². The van der Waals surface area contributed by atoms with Crippen molar-refractivity contribution in [1.82, 2.24) is 5.32 Å². The molecule has 1 atom stereocenters. The molecule has 4 nitrogen and oxygen atoms in total. The number of nitrogens with one attached hydrogen (secondary N) is 1. The second-order valence-electron chi connectivity index (χ2n) is 6.57. The first kappa shape index (κ1) is 17.5. The Balaban J connectivity index is 1.72. The van der Waals surface area contributed by atoms with Crippen molar-refractivity contribution >= 4 is 11.6 Å². The second-order valence-corrected chi connectivity index (χ2v) is 6.57. The van der Waals surface area contributed by atoms with Gasteiger partial charge in [-0.3, -0.25) is 4.79 Å². The molecule has 1 heterocycles.